The molecule has 1 amide bonds. The molecule has 1 aromatic rings. The van der Waals surface area contributed by atoms with Crippen LogP contribution in [0, 0.1) is 23.1 Å². The molecule has 2 aliphatic rings. The van der Waals surface area contributed by atoms with E-state index in [9.17, 15) is 9.18 Å². The number of hydrogen-bond acceptors (Lipinski definition) is 4. The normalized spacial score (nSPS) is 22.1. The molecule has 2 fully saturated rings. The summed E-state index contributed by atoms with van der Waals surface area (Å²) in [6, 6.07) is 6.53. The number of hydrogen-bond donors (Lipinski definition) is 0. The van der Waals surface area contributed by atoms with Gasteiger partial charge in [-0.05, 0) is 25.1 Å². The maximum atomic E-state index is 14.0. The highest BCUT2D eigenvalue weighted by molar-refractivity contribution is 7.99. The van der Waals surface area contributed by atoms with Gasteiger partial charge >= 0.3 is 0 Å². The zero-order chi connectivity index (χ0) is 16.2. The van der Waals surface area contributed by atoms with E-state index >= 15 is 0 Å². The lowest BCUT2D eigenvalue weighted by molar-refractivity contribution is -0.134. The van der Waals surface area contributed by atoms with Gasteiger partial charge < -0.3 is 4.90 Å². The Morgan fingerprint density at radius 2 is 2.13 bits per heavy atom. The van der Waals surface area contributed by atoms with Gasteiger partial charge in [0.1, 0.15) is 5.82 Å². The minimum absolute atomic E-state index is 0.0412. The fraction of sp³-hybridized carbons (Fsp3) is 0.529. The third-order valence-corrected chi connectivity index (χ3v) is 5.46. The van der Waals surface area contributed by atoms with Crippen molar-refractivity contribution in [1.82, 2.24) is 9.80 Å². The van der Waals surface area contributed by atoms with E-state index in [1.54, 1.807) is 12.1 Å². The molecule has 2 aliphatic heterocycles. The molecule has 0 spiro atoms. The van der Waals surface area contributed by atoms with Crippen molar-refractivity contribution in [3.63, 3.8) is 0 Å². The average molecular weight is 333 g/mol. The summed E-state index contributed by atoms with van der Waals surface area (Å²) >= 11 is 1.90. The van der Waals surface area contributed by atoms with E-state index in [-0.39, 0.29) is 17.6 Å². The van der Waals surface area contributed by atoms with E-state index in [1.165, 1.54) is 6.07 Å². The molecule has 6 heteroatoms. The second-order valence-electron chi connectivity index (χ2n) is 6.08. The number of amides is 1. The minimum Gasteiger partial charge on any atom is -0.341 e. The van der Waals surface area contributed by atoms with Crippen molar-refractivity contribution in [3.8, 4) is 6.07 Å². The van der Waals surface area contributed by atoms with E-state index in [0.29, 0.717) is 24.2 Å². The summed E-state index contributed by atoms with van der Waals surface area (Å²) in [5.74, 6) is 2.01. The van der Waals surface area contributed by atoms with Crippen molar-refractivity contribution in [1.29, 1.82) is 5.26 Å². The van der Waals surface area contributed by atoms with E-state index in [0.717, 1.165) is 37.6 Å². The summed E-state index contributed by atoms with van der Waals surface area (Å²) in [4.78, 5) is 16.6. The first kappa shape index (κ1) is 16.3. The van der Waals surface area contributed by atoms with Crippen molar-refractivity contribution < 1.29 is 9.18 Å². The largest absolute Gasteiger partial charge is 0.341 e. The Kier molecular flexibility index (Phi) is 5.19. The van der Waals surface area contributed by atoms with Crippen LogP contribution in [-0.2, 0) is 11.3 Å². The lowest BCUT2D eigenvalue weighted by atomic mass is 10.1. The Labute approximate surface area is 140 Å². The SMILES string of the molecule is N#Cc1ccc(CN2CCC(C(=O)N3CCSCC3)C2)c(F)c1. The lowest BCUT2D eigenvalue weighted by Gasteiger charge is -2.29. The maximum absolute atomic E-state index is 14.0. The molecule has 4 nitrogen and oxygen atoms in total. The van der Waals surface area contributed by atoms with E-state index in [2.05, 4.69) is 4.90 Å². The molecular weight excluding hydrogens is 313 g/mol. The molecule has 1 atom stereocenters. The fourth-order valence-electron chi connectivity index (χ4n) is 3.21. The van der Waals surface area contributed by atoms with Gasteiger partial charge in [-0.25, -0.2) is 4.39 Å². The zero-order valence-corrected chi connectivity index (χ0v) is 13.8. The van der Waals surface area contributed by atoms with Crippen LogP contribution >= 0.6 is 11.8 Å². The van der Waals surface area contributed by atoms with Gasteiger partial charge in [-0.15, -0.1) is 0 Å². The first-order chi connectivity index (χ1) is 11.2. The highest BCUT2D eigenvalue weighted by Crippen LogP contribution is 2.23. The first-order valence-electron chi connectivity index (χ1n) is 7.95. The summed E-state index contributed by atoms with van der Waals surface area (Å²) in [5, 5.41) is 8.79. The topological polar surface area (TPSA) is 47.3 Å². The van der Waals surface area contributed by atoms with Crippen LogP contribution in [0.2, 0.25) is 0 Å². The first-order valence-corrected chi connectivity index (χ1v) is 9.10. The third-order valence-electron chi connectivity index (χ3n) is 4.52. The van der Waals surface area contributed by atoms with Crippen LogP contribution in [0.15, 0.2) is 18.2 Å². The van der Waals surface area contributed by atoms with Crippen LogP contribution in [-0.4, -0.2) is 53.4 Å². The van der Waals surface area contributed by atoms with E-state index < -0.39 is 0 Å². The minimum atomic E-state index is -0.341. The van der Waals surface area contributed by atoms with Gasteiger partial charge in [-0.2, -0.15) is 17.0 Å². The van der Waals surface area contributed by atoms with Crippen molar-refractivity contribution in [3.05, 3.63) is 35.1 Å². The molecule has 2 saturated heterocycles. The van der Waals surface area contributed by atoms with Crippen molar-refractivity contribution >= 4 is 17.7 Å². The molecule has 0 saturated carbocycles. The second kappa shape index (κ2) is 7.33. The van der Waals surface area contributed by atoms with E-state index in [4.69, 9.17) is 5.26 Å². The van der Waals surface area contributed by atoms with Crippen LogP contribution < -0.4 is 0 Å². The third kappa shape index (κ3) is 3.85. The summed E-state index contributed by atoms with van der Waals surface area (Å²) in [6.45, 7) is 3.71. The molecule has 0 bridgehead atoms. The average Bonchev–Trinajstić information content (AvgIpc) is 3.05. The number of benzene rings is 1. The number of rotatable bonds is 3. The van der Waals surface area contributed by atoms with Crippen molar-refractivity contribution in [2.75, 3.05) is 37.7 Å². The second-order valence-corrected chi connectivity index (χ2v) is 7.30. The molecular formula is C17H20FN3OS. The number of carbonyl (C=O) groups is 1. The number of thioether (sulfide) groups is 1. The number of likely N-dealkylation sites (tertiary alicyclic amines) is 1. The molecule has 2 heterocycles. The van der Waals surface area contributed by atoms with Gasteiger partial charge in [0.05, 0.1) is 17.6 Å². The van der Waals surface area contributed by atoms with Crippen LogP contribution in [0.5, 0.6) is 0 Å². The highest BCUT2D eigenvalue weighted by atomic mass is 32.2. The molecule has 0 aliphatic carbocycles. The maximum Gasteiger partial charge on any atom is 0.227 e. The van der Waals surface area contributed by atoms with Gasteiger partial charge in [0.2, 0.25) is 5.91 Å². The van der Waals surface area contributed by atoms with Crippen LogP contribution in [0.25, 0.3) is 0 Å². The Hall–Kier alpha value is -1.58. The van der Waals surface area contributed by atoms with Crippen LogP contribution in [0.4, 0.5) is 4.39 Å². The quantitative estimate of drug-likeness (QED) is 0.850. The predicted molar refractivity (Wildman–Crippen MR) is 88.4 cm³/mol. The van der Waals surface area contributed by atoms with Gasteiger partial charge in [0.25, 0.3) is 0 Å². The number of nitriles is 1. The number of carbonyl (C=O) groups excluding carboxylic acids is 1. The monoisotopic (exact) mass is 333 g/mol. The van der Waals surface area contributed by atoms with Gasteiger partial charge in [0.15, 0.2) is 0 Å². The Morgan fingerprint density at radius 1 is 1.35 bits per heavy atom. The Morgan fingerprint density at radius 3 is 2.83 bits per heavy atom. The molecule has 122 valence electrons. The Bertz CT molecular complexity index is 625. The molecule has 23 heavy (non-hydrogen) atoms. The van der Waals surface area contributed by atoms with Gasteiger partial charge in [-0.1, -0.05) is 6.07 Å². The molecule has 3 rings (SSSR count). The van der Waals surface area contributed by atoms with Crippen LogP contribution in [0.1, 0.15) is 17.5 Å². The molecule has 0 N–H and O–H groups in total. The zero-order valence-electron chi connectivity index (χ0n) is 13.0. The van der Waals surface area contributed by atoms with Gasteiger partial charge in [0, 0.05) is 43.2 Å². The molecule has 1 aromatic carbocycles. The highest BCUT2D eigenvalue weighted by Gasteiger charge is 2.32. The summed E-state index contributed by atoms with van der Waals surface area (Å²) in [7, 11) is 0. The molecule has 0 radical (unpaired) electrons. The van der Waals surface area contributed by atoms with Gasteiger partial charge in [-0.3, -0.25) is 9.69 Å². The van der Waals surface area contributed by atoms with Crippen molar-refractivity contribution in [2.45, 2.75) is 13.0 Å². The lowest BCUT2D eigenvalue weighted by Crippen LogP contribution is -2.42. The summed E-state index contributed by atoms with van der Waals surface area (Å²) in [5.41, 5.74) is 0.926. The Balaban J connectivity index is 1.57. The summed E-state index contributed by atoms with van der Waals surface area (Å²) < 4.78 is 14.0. The summed E-state index contributed by atoms with van der Waals surface area (Å²) in [6.07, 6.45) is 0.848. The van der Waals surface area contributed by atoms with Crippen LogP contribution in [0.3, 0.4) is 0 Å². The predicted octanol–water partition coefficient (Wildman–Crippen LogP) is 2.09. The standard InChI is InChI=1S/C17H20FN3OS/c18-16-9-13(10-19)1-2-14(16)11-20-4-3-15(12-20)17(22)21-5-7-23-8-6-21/h1-2,9,15H,3-8,11-12H2. The fourth-order valence-corrected chi connectivity index (χ4v) is 4.11. The van der Waals surface area contributed by atoms with Crippen molar-refractivity contribution in [2.24, 2.45) is 5.92 Å². The molecule has 1 unspecified atom stereocenters. The number of nitrogens with zero attached hydrogens (tertiary/aromatic N) is 3. The number of halogens is 1. The smallest absolute Gasteiger partial charge is 0.227 e. The van der Waals surface area contributed by atoms with E-state index in [1.807, 2.05) is 22.7 Å². The molecule has 0 aromatic heterocycles.